The number of ether oxygens (including phenoxy) is 2. The quantitative estimate of drug-likeness (QED) is 0.834. The molecule has 0 saturated heterocycles. The maximum Gasteiger partial charge on any atom is 0.167 e. The van der Waals surface area contributed by atoms with Crippen molar-refractivity contribution in [3.05, 3.63) is 59.2 Å². The van der Waals surface area contributed by atoms with Crippen molar-refractivity contribution in [2.45, 2.75) is 13.5 Å². The lowest BCUT2D eigenvalue weighted by Crippen LogP contribution is -1.99. The van der Waals surface area contributed by atoms with Gasteiger partial charge in [0.2, 0.25) is 0 Å². The number of hydrogen-bond donors (Lipinski definition) is 0. The van der Waals surface area contributed by atoms with Crippen molar-refractivity contribution in [2.24, 2.45) is 0 Å². The van der Waals surface area contributed by atoms with Crippen molar-refractivity contribution >= 4 is 0 Å². The summed E-state index contributed by atoms with van der Waals surface area (Å²) in [5, 5.41) is 0. The van der Waals surface area contributed by atoms with Crippen LogP contribution in [0.15, 0.2) is 36.4 Å². The highest BCUT2D eigenvalue weighted by atomic mass is 19.1. The van der Waals surface area contributed by atoms with Crippen LogP contribution in [0.2, 0.25) is 0 Å². The molecular weight excluding hydrogens is 250 g/mol. The summed E-state index contributed by atoms with van der Waals surface area (Å²) in [6, 6.07) is 9.42. The molecule has 0 aromatic heterocycles. The maximum absolute atomic E-state index is 13.7. The number of aryl methyl sites for hydroxylation is 1. The van der Waals surface area contributed by atoms with Crippen molar-refractivity contribution < 1.29 is 18.3 Å². The Balaban J connectivity index is 2.10. The fraction of sp³-hybridized carbons (Fsp3) is 0.200. The van der Waals surface area contributed by atoms with Crippen LogP contribution >= 0.6 is 0 Å². The molecule has 0 saturated carbocycles. The smallest absolute Gasteiger partial charge is 0.167 e. The van der Waals surface area contributed by atoms with E-state index in [4.69, 9.17) is 9.47 Å². The van der Waals surface area contributed by atoms with Gasteiger partial charge in [0.25, 0.3) is 0 Å². The minimum absolute atomic E-state index is 0.0985. The van der Waals surface area contributed by atoms with Gasteiger partial charge in [-0.1, -0.05) is 18.2 Å². The van der Waals surface area contributed by atoms with Gasteiger partial charge in [0, 0.05) is 0 Å². The van der Waals surface area contributed by atoms with E-state index < -0.39 is 11.6 Å². The summed E-state index contributed by atoms with van der Waals surface area (Å²) in [4.78, 5) is 0. The number of benzene rings is 2. The summed E-state index contributed by atoms with van der Waals surface area (Å²) in [7, 11) is 1.40. The van der Waals surface area contributed by atoms with Crippen LogP contribution in [0.4, 0.5) is 8.78 Å². The van der Waals surface area contributed by atoms with Crippen LogP contribution in [0.3, 0.4) is 0 Å². The first-order valence-electron chi connectivity index (χ1n) is 5.82. The fourth-order valence-electron chi connectivity index (χ4n) is 1.69. The van der Waals surface area contributed by atoms with E-state index in [-0.39, 0.29) is 18.1 Å². The average molecular weight is 264 g/mol. The van der Waals surface area contributed by atoms with Crippen molar-refractivity contribution in [1.29, 1.82) is 0 Å². The van der Waals surface area contributed by atoms with Crippen LogP contribution in [0.25, 0.3) is 0 Å². The van der Waals surface area contributed by atoms with Gasteiger partial charge in [-0.2, -0.15) is 0 Å². The van der Waals surface area contributed by atoms with E-state index in [1.807, 2.05) is 0 Å². The van der Waals surface area contributed by atoms with Crippen LogP contribution in [0.1, 0.15) is 11.1 Å². The third kappa shape index (κ3) is 3.02. The Morgan fingerprint density at radius 2 is 1.84 bits per heavy atom. The topological polar surface area (TPSA) is 18.5 Å². The molecule has 2 nitrogen and oxygen atoms in total. The third-order valence-corrected chi connectivity index (χ3v) is 2.77. The molecule has 0 aliphatic rings. The zero-order valence-corrected chi connectivity index (χ0v) is 10.7. The van der Waals surface area contributed by atoms with Gasteiger partial charge in [-0.3, -0.25) is 0 Å². The van der Waals surface area contributed by atoms with E-state index in [0.717, 1.165) is 0 Å². The molecule has 0 N–H and O–H groups in total. The highest BCUT2D eigenvalue weighted by Gasteiger charge is 2.07. The molecule has 100 valence electrons. The standard InChI is InChI=1S/C15H14F2O2/c1-10-4-3-5-14(15(10)17)19-9-11-6-7-13(18-2)12(16)8-11/h3-8H,9H2,1-2H3. The number of hydrogen-bond acceptors (Lipinski definition) is 2. The lowest BCUT2D eigenvalue weighted by atomic mass is 10.2. The van der Waals surface area contributed by atoms with Crippen LogP contribution in [-0.2, 0) is 6.61 Å². The van der Waals surface area contributed by atoms with Gasteiger partial charge in [0.1, 0.15) is 6.61 Å². The number of rotatable bonds is 4. The zero-order chi connectivity index (χ0) is 13.8. The molecule has 0 spiro atoms. The lowest BCUT2D eigenvalue weighted by molar-refractivity contribution is 0.288. The zero-order valence-electron chi connectivity index (χ0n) is 10.7. The van der Waals surface area contributed by atoms with E-state index >= 15 is 0 Å². The second-order valence-corrected chi connectivity index (χ2v) is 4.14. The van der Waals surface area contributed by atoms with E-state index in [2.05, 4.69) is 0 Å². The molecule has 0 radical (unpaired) electrons. The highest BCUT2D eigenvalue weighted by Crippen LogP contribution is 2.22. The Morgan fingerprint density at radius 1 is 1.05 bits per heavy atom. The largest absolute Gasteiger partial charge is 0.494 e. The minimum Gasteiger partial charge on any atom is -0.494 e. The Morgan fingerprint density at radius 3 is 2.53 bits per heavy atom. The Labute approximate surface area is 110 Å². The second-order valence-electron chi connectivity index (χ2n) is 4.14. The van der Waals surface area contributed by atoms with Gasteiger partial charge in [-0.15, -0.1) is 0 Å². The molecule has 0 fully saturated rings. The molecule has 4 heteroatoms. The van der Waals surface area contributed by atoms with E-state index in [9.17, 15) is 8.78 Å². The van der Waals surface area contributed by atoms with E-state index in [1.54, 1.807) is 31.2 Å². The van der Waals surface area contributed by atoms with Crippen molar-refractivity contribution in [3.63, 3.8) is 0 Å². The molecule has 0 amide bonds. The van der Waals surface area contributed by atoms with Crippen LogP contribution < -0.4 is 9.47 Å². The van der Waals surface area contributed by atoms with Crippen molar-refractivity contribution in [1.82, 2.24) is 0 Å². The molecule has 2 aromatic rings. The van der Waals surface area contributed by atoms with Gasteiger partial charge in [-0.25, -0.2) is 8.78 Å². The van der Waals surface area contributed by atoms with Crippen molar-refractivity contribution in [2.75, 3.05) is 7.11 Å². The number of halogens is 2. The molecule has 0 unspecified atom stereocenters. The van der Waals surface area contributed by atoms with Gasteiger partial charge in [0.05, 0.1) is 7.11 Å². The molecule has 0 heterocycles. The Hall–Kier alpha value is -2.10. The SMILES string of the molecule is COc1ccc(COc2cccc(C)c2F)cc1F. The molecular formula is C15H14F2O2. The summed E-state index contributed by atoms with van der Waals surface area (Å²) in [5.74, 6) is -0.522. The summed E-state index contributed by atoms with van der Waals surface area (Å²) in [6.45, 7) is 1.76. The van der Waals surface area contributed by atoms with Crippen LogP contribution in [0, 0.1) is 18.6 Å². The molecule has 0 aliphatic heterocycles. The van der Waals surface area contributed by atoms with Crippen molar-refractivity contribution in [3.8, 4) is 11.5 Å². The highest BCUT2D eigenvalue weighted by molar-refractivity contribution is 5.32. The van der Waals surface area contributed by atoms with Gasteiger partial charge in [0.15, 0.2) is 23.1 Å². The molecule has 19 heavy (non-hydrogen) atoms. The second kappa shape index (κ2) is 5.69. The van der Waals surface area contributed by atoms with Gasteiger partial charge in [-0.05, 0) is 36.2 Å². The molecule has 2 aromatic carbocycles. The summed E-state index contributed by atoms with van der Waals surface area (Å²) in [5.41, 5.74) is 1.12. The fourth-order valence-corrected chi connectivity index (χ4v) is 1.69. The summed E-state index contributed by atoms with van der Waals surface area (Å²) < 4.78 is 37.3. The number of methoxy groups -OCH3 is 1. The van der Waals surface area contributed by atoms with Gasteiger partial charge >= 0.3 is 0 Å². The molecule has 0 bridgehead atoms. The Kier molecular flexibility index (Phi) is 4.00. The molecule has 2 rings (SSSR count). The monoisotopic (exact) mass is 264 g/mol. The summed E-state index contributed by atoms with van der Waals surface area (Å²) >= 11 is 0. The Bertz CT molecular complexity index is 582. The van der Waals surface area contributed by atoms with Crippen LogP contribution in [-0.4, -0.2) is 7.11 Å². The van der Waals surface area contributed by atoms with E-state index in [1.165, 1.54) is 19.2 Å². The summed E-state index contributed by atoms with van der Waals surface area (Å²) in [6.07, 6.45) is 0. The molecule has 0 atom stereocenters. The predicted molar refractivity (Wildman–Crippen MR) is 68.4 cm³/mol. The first-order chi connectivity index (χ1) is 9.11. The average Bonchev–Trinajstić information content (AvgIpc) is 2.40. The first kappa shape index (κ1) is 13.3. The maximum atomic E-state index is 13.7. The normalized spacial score (nSPS) is 10.3. The van der Waals surface area contributed by atoms with Gasteiger partial charge < -0.3 is 9.47 Å². The third-order valence-electron chi connectivity index (χ3n) is 2.77. The lowest BCUT2D eigenvalue weighted by Gasteiger charge is -2.09. The molecule has 0 aliphatic carbocycles. The first-order valence-corrected chi connectivity index (χ1v) is 5.82. The minimum atomic E-state index is -0.465. The van der Waals surface area contributed by atoms with Crippen LogP contribution in [0.5, 0.6) is 11.5 Å². The van der Waals surface area contributed by atoms with E-state index in [0.29, 0.717) is 11.1 Å². The predicted octanol–water partition coefficient (Wildman–Crippen LogP) is 3.86.